The third-order valence-electron chi connectivity index (χ3n) is 5.39. The van der Waals surface area contributed by atoms with Crippen LogP contribution >= 0.6 is 0 Å². The molecule has 0 radical (unpaired) electrons. The van der Waals surface area contributed by atoms with Crippen molar-refractivity contribution in [2.45, 2.75) is 31.2 Å². The minimum Gasteiger partial charge on any atom is -0.289 e. The molecule has 1 aliphatic carbocycles. The van der Waals surface area contributed by atoms with Crippen LogP contribution in [-0.4, -0.2) is 33.8 Å². The molecule has 5 rings (SSSR count). The second-order valence-electron chi connectivity index (χ2n) is 7.68. The quantitative estimate of drug-likeness (QED) is 0.507. The van der Waals surface area contributed by atoms with E-state index in [0.29, 0.717) is 11.3 Å². The number of rotatable bonds is 5. The molecule has 0 unspecified atom stereocenters. The van der Waals surface area contributed by atoms with Gasteiger partial charge in [-0.1, -0.05) is 24.3 Å². The fourth-order valence-corrected chi connectivity index (χ4v) is 4.79. The molecule has 29 heavy (non-hydrogen) atoms. The van der Waals surface area contributed by atoms with E-state index in [1.54, 1.807) is 23.2 Å². The summed E-state index contributed by atoms with van der Waals surface area (Å²) in [5.74, 6) is -0.120. The van der Waals surface area contributed by atoms with Crippen LogP contribution in [0.25, 0.3) is 21.8 Å². The van der Waals surface area contributed by atoms with Gasteiger partial charge in [0, 0.05) is 30.1 Å². The molecular weight excluding hydrogens is 388 g/mol. The summed E-state index contributed by atoms with van der Waals surface area (Å²) in [6, 6.07) is 9.68. The fourth-order valence-electron chi connectivity index (χ4n) is 3.94. The summed E-state index contributed by atoms with van der Waals surface area (Å²) in [6.07, 6.45) is 8.32. The Balaban J connectivity index is 1.71. The van der Waals surface area contributed by atoms with E-state index in [-0.39, 0.29) is 24.0 Å². The summed E-state index contributed by atoms with van der Waals surface area (Å²) in [7, 11) is -3.28. The van der Waals surface area contributed by atoms with Crippen LogP contribution < -0.4 is 5.69 Å². The molecule has 8 heteroatoms. The summed E-state index contributed by atoms with van der Waals surface area (Å²) in [6.45, 7) is 0.205. The van der Waals surface area contributed by atoms with Crippen molar-refractivity contribution in [1.29, 1.82) is 0 Å². The van der Waals surface area contributed by atoms with E-state index < -0.39 is 9.84 Å². The highest BCUT2D eigenvalue weighted by Gasteiger charge is 2.29. The average Bonchev–Trinajstić information content (AvgIpc) is 3.48. The Morgan fingerprint density at radius 1 is 1.10 bits per heavy atom. The van der Waals surface area contributed by atoms with Gasteiger partial charge in [-0.05, 0) is 29.9 Å². The van der Waals surface area contributed by atoms with Crippen molar-refractivity contribution in [3.8, 4) is 0 Å². The van der Waals surface area contributed by atoms with Crippen LogP contribution in [0.5, 0.6) is 0 Å². The fraction of sp³-hybridized carbons (Fsp3) is 0.286. The maximum absolute atomic E-state index is 13.2. The van der Waals surface area contributed by atoms with Crippen LogP contribution in [0.15, 0.2) is 53.7 Å². The monoisotopic (exact) mass is 408 g/mol. The van der Waals surface area contributed by atoms with Crippen LogP contribution in [0.1, 0.15) is 30.1 Å². The molecule has 0 aliphatic heterocycles. The number of benzene rings is 1. The highest BCUT2D eigenvalue weighted by atomic mass is 32.2. The molecule has 7 nitrogen and oxygen atoms in total. The van der Waals surface area contributed by atoms with Crippen LogP contribution in [0.3, 0.4) is 0 Å². The number of nitrogens with zero attached hydrogens (tertiary/aromatic N) is 4. The van der Waals surface area contributed by atoms with E-state index in [1.807, 2.05) is 34.9 Å². The SMILES string of the molecule is CS(=O)(=O)Cc1c(Cn2c(=O)n(C3CC3)c3ccncc32)ncc2ccccc12. The van der Waals surface area contributed by atoms with Gasteiger partial charge in [-0.3, -0.25) is 19.1 Å². The smallest absolute Gasteiger partial charge is 0.289 e. The average molecular weight is 408 g/mol. The number of aromatic nitrogens is 4. The standard InChI is InChI=1S/C21H20N4O3S/c1-29(27,28)13-17-16-5-3-2-4-14(16)10-23-18(17)12-24-20-11-22-9-8-19(20)25(21(24)26)15-6-7-15/h2-5,8-11,15H,6-7,12-13H2,1H3. The predicted molar refractivity (Wildman–Crippen MR) is 112 cm³/mol. The molecule has 0 bridgehead atoms. The summed E-state index contributed by atoms with van der Waals surface area (Å²) in [5, 5.41) is 1.73. The van der Waals surface area contributed by atoms with Crippen LogP contribution in [0, 0.1) is 0 Å². The van der Waals surface area contributed by atoms with Crippen molar-refractivity contribution in [1.82, 2.24) is 19.1 Å². The van der Waals surface area contributed by atoms with Crippen LogP contribution in [0.2, 0.25) is 0 Å². The third kappa shape index (κ3) is 3.23. The molecule has 0 N–H and O–H groups in total. The molecular formula is C21H20N4O3S. The minimum atomic E-state index is -3.28. The van der Waals surface area contributed by atoms with E-state index in [4.69, 9.17) is 0 Å². The normalized spacial score (nSPS) is 14.7. The van der Waals surface area contributed by atoms with Gasteiger partial charge in [-0.15, -0.1) is 0 Å². The summed E-state index contributed by atoms with van der Waals surface area (Å²) in [4.78, 5) is 21.9. The number of pyridine rings is 2. The lowest BCUT2D eigenvalue weighted by Gasteiger charge is -2.12. The van der Waals surface area contributed by atoms with Crippen molar-refractivity contribution in [2.24, 2.45) is 0 Å². The van der Waals surface area contributed by atoms with Crippen molar-refractivity contribution in [2.75, 3.05) is 6.26 Å². The Hall–Kier alpha value is -3.00. The molecule has 1 fully saturated rings. The summed E-state index contributed by atoms with van der Waals surface area (Å²) >= 11 is 0. The first kappa shape index (κ1) is 18.1. The molecule has 1 saturated carbocycles. The Labute approximate surface area is 167 Å². The van der Waals surface area contributed by atoms with Gasteiger partial charge in [0.25, 0.3) is 0 Å². The third-order valence-corrected chi connectivity index (χ3v) is 6.20. The van der Waals surface area contributed by atoms with Crippen LogP contribution in [0.4, 0.5) is 0 Å². The molecule has 3 aromatic heterocycles. The van der Waals surface area contributed by atoms with Crippen molar-refractivity contribution in [3.63, 3.8) is 0 Å². The lowest BCUT2D eigenvalue weighted by molar-refractivity contribution is 0.600. The Morgan fingerprint density at radius 2 is 1.90 bits per heavy atom. The number of hydrogen-bond donors (Lipinski definition) is 0. The first-order valence-corrected chi connectivity index (χ1v) is 11.6. The van der Waals surface area contributed by atoms with Crippen molar-refractivity contribution >= 4 is 31.6 Å². The zero-order valence-electron chi connectivity index (χ0n) is 15.9. The molecule has 148 valence electrons. The molecule has 0 atom stereocenters. The van der Waals surface area contributed by atoms with Gasteiger partial charge in [0.05, 0.1) is 35.2 Å². The lowest BCUT2D eigenvalue weighted by Crippen LogP contribution is -2.25. The largest absolute Gasteiger partial charge is 0.329 e. The van der Waals surface area contributed by atoms with Gasteiger partial charge < -0.3 is 0 Å². The highest BCUT2D eigenvalue weighted by molar-refractivity contribution is 7.89. The van der Waals surface area contributed by atoms with Gasteiger partial charge >= 0.3 is 5.69 Å². The van der Waals surface area contributed by atoms with Gasteiger partial charge in [0.15, 0.2) is 9.84 Å². The highest BCUT2D eigenvalue weighted by Crippen LogP contribution is 2.36. The first-order valence-electron chi connectivity index (χ1n) is 9.50. The minimum absolute atomic E-state index is 0.101. The van der Waals surface area contributed by atoms with E-state index in [0.717, 1.165) is 34.6 Å². The molecule has 0 spiro atoms. The van der Waals surface area contributed by atoms with E-state index >= 15 is 0 Å². The maximum Gasteiger partial charge on any atom is 0.329 e. The Kier molecular flexibility index (Phi) is 4.06. The zero-order chi connectivity index (χ0) is 20.2. The topological polar surface area (TPSA) is 86.9 Å². The predicted octanol–water partition coefficient (Wildman–Crippen LogP) is 2.67. The molecule has 1 aliphatic rings. The van der Waals surface area contributed by atoms with E-state index in [1.165, 1.54) is 6.26 Å². The van der Waals surface area contributed by atoms with Gasteiger partial charge in [-0.25, -0.2) is 13.2 Å². The second-order valence-corrected chi connectivity index (χ2v) is 9.82. The van der Waals surface area contributed by atoms with E-state index in [9.17, 15) is 13.2 Å². The first-order chi connectivity index (χ1) is 13.9. The number of sulfone groups is 1. The molecule has 3 heterocycles. The second kappa shape index (κ2) is 6.52. The summed E-state index contributed by atoms with van der Waals surface area (Å²) < 4.78 is 27.7. The zero-order valence-corrected chi connectivity index (χ0v) is 16.8. The maximum atomic E-state index is 13.2. The summed E-state index contributed by atoms with van der Waals surface area (Å²) in [5.41, 5.74) is 2.74. The Bertz CT molecular complexity index is 1420. The molecule has 4 aromatic rings. The molecule has 0 amide bonds. The molecule has 0 saturated heterocycles. The van der Waals surface area contributed by atoms with Gasteiger partial charge in [0.1, 0.15) is 0 Å². The number of imidazole rings is 1. The van der Waals surface area contributed by atoms with Crippen molar-refractivity contribution in [3.05, 3.63) is 70.7 Å². The molecule has 1 aromatic carbocycles. The number of hydrogen-bond acceptors (Lipinski definition) is 5. The van der Waals surface area contributed by atoms with Crippen LogP contribution in [-0.2, 0) is 22.1 Å². The lowest BCUT2D eigenvalue weighted by atomic mass is 10.1. The Morgan fingerprint density at radius 3 is 2.66 bits per heavy atom. The number of fused-ring (bicyclic) bond motifs is 2. The van der Waals surface area contributed by atoms with Gasteiger partial charge in [0.2, 0.25) is 0 Å². The van der Waals surface area contributed by atoms with E-state index in [2.05, 4.69) is 9.97 Å². The van der Waals surface area contributed by atoms with Gasteiger partial charge in [-0.2, -0.15) is 0 Å². The van der Waals surface area contributed by atoms with Crippen molar-refractivity contribution < 1.29 is 8.42 Å².